The van der Waals surface area contributed by atoms with E-state index >= 15 is 0 Å². The summed E-state index contributed by atoms with van der Waals surface area (Å²) in [5.41, 5.74) is 2.92. The predicted octanol–water partition coefficient (Wildman–Crippen LogP) is 4.44. The number of benzene rings is 3. The van der Waals surface area contributed by atoms with Gasteiger partial charge >= 0.3 is 12.0 Å². The molecular weight excluding hydrogens is 410 g/mol. The first-order valence-corrected chi connectivity index (χ1v) is 9.79. The molecule has 0 aliphatic rings. The molecule has 3 aromatic carbocycles. The molecule has 3 rings (SSSR count). The molecule has 0 saturated heterocycles. The summed E-state index contributed by atoms with van der Waals surface area (Å²) in [6, 6.07) is 20.3. The Morgan fingerprint density at radius 1 is 0.812 bits per heavy atom. The lowest BCUT2D eigenvalue weighted by atomic mass is 10.1. The fourth-order valence-electron chi connectivity index (χ4n) is 2.77. The Kier molecular flexibility index (Phi) is 7.42. The van der Waals surface area contributed by atoms with Crippen LogP contribution < -0.4 is 20.7 Å². The van der Waals surface area contributed by atoms with Gasteiger partial charge in [0.2, 0.25) is 0 Å². The van der Waals surface area contributed by atoms with Crippen LogP contribution in [0, 0.1) is 6.92 Å². The van der Waals surface area contributed by atoms with Crippen LogP contribution in [0.5, 0.6) is 5.75 Å². The molecule has 0 unspecified atom stereocenters. The van der Waals surface area contributed by atoms with Gasteiger partial charge in [0.05, 0.1) is 7.11 Å². The number of carbonyl (C=O) groups is 3. The third kappa shape index (κ3) is 6.33. The minimum Gasteiger partial charge on any atom is -0.482 e. The summed E-state index contributed by atoms with van der Waals surface area (Å²) in [6.45, 7) is 1.60. The van der Waals surface area contributed by atoms with Crippen LogP contribution in [0.15, 0.2) is 72.8 Å². The van der Waals surface area contributed by atoms with E-state index in [0.717, 1.165) is 5.56 Å². The number of hydrogen-bond acceptors (Lipinski definition) is 5. The molecule has 8 heteroatoms. The highest BCUT2D eigenvalue weighted by Crippen LogP contribution is 2.22. The SMILES string of the molecule is COC(=O)COc1cccc(C(=O)Nc2cc(NC(=O)Nc3ccccc3)ccc2C)c1. The maximum Gasteiger partial charge on any atom is 0.343 e. The summed E-state index contributed by atoms with van der Waals surface area (Å²) < 4.78 is 9.86. The molecule has 0 heterocycles. The van der Waals surface area contributed by atoms with Crippen molar-refractivity contribution in [3.05, 3.63) is 83.9 Å². The van der Waals surface area contributed by atoms with Crippen LogP contribution in [0.3, 0.4) is 0 Å². The zero-order chi connectivity index (χ0) is 22.9. The van der Waals surface area contributed by atoms with Crippen LogP contribution in [0.25, 0.3) is 0 Å². The van der Waals surface area contributed by atoms with E-state index < -0.39 is 12.0 Å². The molecule has 0 atom stereocenters. The van der Waals surface area contributed by atoms with Crippen LogP contribution in [0.2, 0.25) is 0 Å². The Bertz CT molecular complexity index is 1120. The van der Waals surface area contributed by atoms with Crippen molar-refractivity contribution < 1.29 is 23.9 Å². The van der Waals surface area contributed by atoms with E-state index in [0.29, 0.717) is 28.4 Å². The average molecular weight is 433 g/mol. The van der Waals surface area contributed by atoms with Gasteiger partial charge in [-0.2, -0.15) is 0 Å². The summed E-state index contributed by atoms with van der Waals surface area (Å²) in [5.74, 6) is -0.508. The van der Waals surface area contributed by atoms with Gasteiger partial charge in [0.15, 0.2) is 6.61 Å². The Morgan fingerprint density at radius 2 is 1.56 bits per heavy atom. The van der Waals surface area contributed by atoms with Gasteiger partial charge in [-0.3, -0.25) is 4.79 Å². The number of urea groups is 1. The molecule has 0 fully saturated rings. The van der Waals surface area contributed by atoms with Crippen molar-refractivity contribution in [3.63, 3.8) is 0 Å². The average Bonchev–Trinajstić information content (AvgIpc) is 2.80. The lowest BCUT2D eigenvalue weighted by Crippen LogP contribution is -2.19. The third-order valence-corrected chi connectivity index (χ3v) is 4.46. The zero-order valence-corrected chi connectivity index (χ0v) is 17.7. The fourth-order valence-corrected chi connectivity index (χ4v) is 2.77. The highest BCUT2D eigenvalue weighted by molar-refractivity contribution is 6.05. The molecule has 3 N–H and O–H groups in total. The van der Waals surface area contributed by atoms with E-state index in [1.807, 2.05) is 25.1 Å². The Balaban J connectivity index is 1.66. The number of methoxy groups -OCH3 is 1. The quantitative estimate of drug-likeness (QED) is 0.478. The topological polar surface area (TPSA) is 106 Å². The summed E-state index contributed by atoms with van der Waals surface area (Å²) in [6.07, 6.45) is 0. The van der Waals surface area contributed by atoms with Crippen LogP contribution >= 0.6 is 0 Å². The maximum absolute atomic E-state index is 12.7. The monoisotopic (exact) mass is 433 g/mol. The van der Waals surface area contributed by atoms with Crippen molar-refractivity contribution in [1.29, 1.82) is 0 Å². The standard InChI is InChI=1S/C24H23N3O5/c1-16-11-12-19(26-24(30)25-18-8-4-3-5-9-18)14-21(16)27-23(29)17-7-6-10-20(13-17)32-15-22(28)31-2/h3-14H,15H2,1-2H3,(H,27,29)(H2,25,26,30). The molecule has 0 saturated carbocycles. The summed E-state index contributed by atoms with van der Waals surface area (Å²) in [5, 5.41) is 8.32. The Hall–Kier alpha value is -4.33. The van der Waals surface area contributed by atoms with Gasteiger partial charge in [0, 0.05) is 22.6 Å². The van der Waals surface area contributed by atoms with E-state index in [2.05, 4.69) is 20.7 Å². The van der Waals surface area contributed by atoms with Crippen LogP contribution in [0.4, 0.5) is 21.9 Å². The molecule has 0 radical (unpaired) electrons. The van der Waals surface area contributed by atoms with Crippen LogP contribution in [-0.2, 0) is 9.53 Å². The number of esters is 1. The molecule has 0 aliphatic heterocycles. The number of ether oxygens (including phenoxy) is 2. The summed E-state index contributed by atoms with van der Waals surface area (Å²) in [7, 11) is 1.27. The molecule has 8 nitrogen and oxygen atoms in total. The first-order chi connectivity index (χ1) is 15.4. The Morgan fingerprint density at radius 3 is 2.31 bits per heavy atom. The molecule has 3 aromatic rings. The lowest BCUT2D eigenvalue weighted by molar-refractivity contribution is -0.142. The normalized spacial score (nSPS) is 10.1. The van der Waals surface area contributed by atoms with Crippen molar-refractivity contribution in [2.24, 2.45) is 0 Å². The van der Waals surface area contributed by atoms with Gasteiger partial charge in [-0.1, -0.05) is 30.3 Å². The predicted molar refractivity (Wildman–Crippen MR) is 122 cm³/mol. The van der Waals surface area contributed by atoms with E-state index in [1.165, 1.54) is 13.2 Å². The molecule has 32 heavy (non-hydrogen) atoms. The second-order valence-corrected chi connectivity index (χ2v) is 6.82. The van der Waals surface area contributed by atoms with Gasteiger partial charge in [-0.05, 0) is 55.0 Å². The number of hydrogen-bond donors (Lipinski definition) is 3. The van der Waals surface area contributed by atoms with Crippen molar-refractivity contribution >= 4 is 35.0 Å². The van der Waals surface area contributed by atoms with Gasteiger partial charge < -0.3 is 25.4 Å². The number of amides is 3. The fraction of sp³-hybridized carbons (Fsp3) is 0.125. The van der Waals surface area contributed by atoms with E-state index in [4.69, 9.17) is 4.74 Å². The van der Waals surface area contributed by atoms with E-state index in [1.54, 1.807) is 48.5 Å². The van der Waals surface area contributed by atoms with Crippen LogP contribution in [0.1, 0.15) is 15.9 Å². The molecule has 0 aromatic heterocycles. The number of anilines is 3. The largest absolute Gasteiger partial charge is 0.482 e. The molecule has 164 valence electrons. The van der Waals surface area contributed by atoms with Gasteiger partial charge in [-0.25, -0.2) is 9.59 Å². The van der Waals surface area contributed by atoms with Crippen molar-refractivity contribution in [3.8, 4) is 5.75 Å². The third-order valence-electron chi connectivity index (χ3n) is 4.46. The minimum atomic E-state index is -0.518. The molecule has 0 bridgehead atoms. The van der Waals surface area contributed by atoms with Crippen molar-refractivity contribution in [1.82, 2.24) is 0 Å². The minimum absolute atomic E-state index is 0.251. The number of carbonyl (C=O) groups excluding carboxylic acids is 3. The van der Waals surface area contributed by atoms with Gasteiger partial charge in [-0.15, -0.1) is 0 Å². The first kappa shape index (κ1) is 22.4. The second-order valence-electron chi connectivity index (χ2n) is 6.82. The number of para-hydroxylation sites is 1. The number of aryl methyl sites for hydroxylation is 1. The molecule has 0 aliphatic carbocycles. The van der Waals surface area contributed by atoms with Crippen LogP contribution in [-0.4, -0.2) is 31.6 Å². The van der Waals surface area contributed by atoms with E-state index in [-0.39, 0.29) is 12.5 Å². The number of rotatable bonds is 7. The summed E-state index contributed by atoms with van der Waals surface area (Å²) in [4.78, 5) is 36.2. The Labute approximate surface area is 185 Å². The van der Waals surface area contributed by atoms with Gasteiger partial charge in [0.25, 0.3) is 5.91 Å². The maximum atomic E-state index is 12.7. The lowest BCUT2D eigenvalue weighted by Gasteiger charge is -2.13. The highest BCUT2D eigenvalue weighted by Gasteiger charge is 2.11. The molecular formula is C24H23N3O5. The first-order valence-electron chi connectivity index (χ1n) is 9.79. The van der Waals surface area contributed by atoms with Crippen molar-refractivity contribution in [2.75, 3.05) is 29.7 Å². The van der Waals surface area contributed by atoms with E-state index in [9.17, 15) is 14.4 Å². The van der Waals surface area contributed by atoms with Gasteiger partial charge in [0.1, 0.15) is 5.75 Å². The zero-order valence-electron chi connectivity index (χ0n) is 17.7. The molecule has 0 spiro atoms. The van der Waals surface area contributed by atoms with Crippen molar-refractivity contribution in [2.45, 2.75) is 6.92 Å². The highest BCUT2D eigenvalue weighted by atomic mass is 16.6. The second kappa shape index (κ2) is 10.6. The summed E-state index contributed by atoms with van der Waals surface area (Å²) >= 11 is 0. The smallest absolute Gasteiger partial charge is 0.343 e. The molecule has 3 amide bonds. The number of nitrogens with one attached hydrogen (secondary N) is 3.